The normalized spacial score (nSPS) is 11.4. The van der Waals surface area contributed by atoms with Crippen LogP contribution in [0.25, 0.3) is 0 Å². The Morgan fingerprint density at radius 3 is 2.31 bits per heavy atom. The van der Waals surface area contributed by atoms with Gasteiger partial charge in [-0.3, -0.25) is 4.79 Å². The third-order valence-electron chi connectivity index (χ3n) is 2.07. The highest BCUT2D eigenvalue weighted by Crippen LogP contribution is 2.34. The Balaban J connectivity index is 3.23. The van der Waals surface area contributed by atoms with Crippen molar-refractivity contribution in [3.63, 3.8) is 0 Å². The summed E-state index contributed by atoms with van der Waals surface area (Å²) in [6.45, 7) is 1.29. The van der Waals surface area contributed by atoms with Crippen molar-refractivity contribution in [1.29, 1.82) is 0 Å². The van der Waals surface area contributed by atoms with Crippen molar-refractivity contribution in [1.82, 2.24) is 0 Å². The van der Waals surface area contributed by atoms with Gasteiger partial charge < -0.3 is 4.90 Å². The zero-order valence-corrected chi connectivity index (χ0v) is 10.2. The minimum atomic E-state index is -4.42. The average molecular weight is 296 g/mol. The molecule has 88 valence electrons. The highest BCUT2D eigenvalue weighted by molar-refractivity contribution is 9.10. The van der Waals surface area contributed by atoms with E-state index in [1.54, 1.807) is 0 Å². The summed E-state index contributed by atoms with van der Waals surface area (Å²) < 4.78 is 37.7. The molecule has 0 saturated carbocycles. The SMILES string of the molecule is CC(=O)N(C)c1cc(Br)cc(C(F)(F)F)c1. The summed E-state index contributed by atoms with van der Waals surface area (Å²) in [5, 5.41) is 0. The van der Waals surface area contributed by atoms with E-state index in [1.807, 2.05) is 0 Å². The van der Waals surface area contributed by atoms with E-state index in [0.717, 1.165) is 17.0 Å². The van der Waals surface area contributed by atoms with Crippen LogP contribution in [-0.2, 0) is 11.0 Å². The molecule has 0 spiro atoms. The molecule has 0 bridgehead atoms. The molecule has 0 atom stereocenters. The van der Waals surface area contributed by atoms with Crippen molar-refractivity contribution >= 4 is 27.5 Å². The summed E-state index contributed by atoms with van der Waals surface area (Å²) in [5.41, 5.74) is -0.584. The van der Waals surface area contributed by atoms with E-state index in [0.29, 0.717) is 0 Å². The highest BCUT2D eigenvalue weighted by Gasteiger charge is 2.31. The Hall–Kier alpha value is -1.04. The molecular formula is C10H9BrF3NO. The first-order valence-corrected chi connectivity index (χ1v) is 5.13. The molecule has 0 N–H and O–H groups in total. The lowest BCUT2D eigenvalue weighted by Gasteiger charge is -2.17. The second-order valence-corrected chi connectivity index (χ2v) is 4.19. The van der Waals surface area contributed by atoms with Crippen molar-refractivity contribution in [2.75, 3.05) is 11.9 Å². The van der Waals surface area contributed by atoms with Gasteiger partial charge in [0.25, 0.3) is 0 Å². The van der Waals surface area contributed by atoms with Crippen LogP contribution in [0.5, 0.6) is 0 Å². The van der Waals surface area contributed by atoms with Gasteiger partial charge in [0.2, 0.25) is 5.91 Å². The largest absolute Gasteiger partial charge is 0.416 e. The van der Waals surface area contributed by atoms with Crippen LogP contribution >= 0.6 is 15.9 Å². The van der Waals surface area contributed by atoms with Crippen LogP contribution in [0.2, 0.25) is 0 Å². The molecule has 0 unspecified atom stereocenters. The molecule has 0 saturated heterocycles. The van der Waals surface area contributed by atoms with E-state index in [4.69, 9.17) is 0 Å². The lowest BCUT2D eigenvalue weighted by atomic mass is 10.2. The molecule has 0 aromatic heterocycles. The second kappa shape index (κ2) is 4.45. The van der Waals surface area contributed by atoms with Gasteiger partial charge in [0.1, 0.15) is 0 Å². The summed E-state index contributed by atoms with van der Waals surface area (Å²) in [6, 6.07) is 3.36. The monoisotopic (exact) mass is 295 g/mol. The molecule has 0 aliphatic carbocycles. The van der Waals surface area contributed by atoms with Gasteiger partial charge in [0, 0.05) is 24.1 Å². The van der Waals surface area contributed by atoms with Crippen molar-refractivity contribution in [2.45, 2.75) is 13.1 Å². The Morgan fingerprint density at radius 1 is 1.31 bits per heavy atom. The van der Waals surface area contributed by atoms with Crippen LogP contribution in [0.15, 0.2) is 22.7 Å². The first kappa shape index (κ1) is 13.0. The summed E-state index contributed by atoms with van der Waals surface area (Å²) >= 11 is 2.98. The fourth-order valence-corrected chi connectivity index (χ4v) is 1.59. The molecule has 0 aliphatic heterocycles. The van der Waals surface area contributed by atoms with Crippen molar-refractivity contribution in [3.05, 3.63) is 28.2 Å². The molecular weight excluding hydrogens is 287 g/mol. The smallest absolute Gasteiger partial charge is 0.316 e. The molecule has 0 aliphatic rings. The fraction of sp³-hybridized carbons (Fsp3) is 0.300. The van der Waals surface area contributed by atoms with E-state index in [1.165, 1.54) is 20.0 Å². The van der Waals surface area contributed by atoms with Gasteiger partial charge in [-0.05, 0) is 18.2 Å². The van der Waals surface area contributed by atoms with Gasteiger partial charge >= 0.3 is 6.18 Å². The number of carbonyl (C=O) groups excluding carboxylic acids is 1. The molecule has 0 fully saturated rings. The van der Waals surface area contributed by atoms with Crippen LogP contribution in [0.4, 0.5) is 18.9 Å². The summed E-state index contributed by atoms with van der Waals surface area (Å²) in [7, 11) is 1.42. The van der Waals surface area contributed by atoms with E-state index in [2.05, 4.69) is 15.9 Å². The van der Waals surface area contributed by atoms with Gasteiger partial charge in [-0.2, -0.15) is 13.2 Å². The molecule has 2 nitrogen and oxygen atoms in total. The summed E-state index contributed by atoms with van der Waals surface area (Å²) in [5.74, 6) is -0.328. The van der Waals surface area contributed by atoms with Gasteiger partial charge in [-0.25, -0.2) is 0 Å². The lowest BCUT2D eigenvalue weighted by Crippen LogP contribution is -2.23. The van der Waals surface area contributed by atoms with Crippen LogP contribution < -0.4 is 4.90 Å². The Labute approximate surface area is 99.2 Å². The fourth-order valence-electron chi connectivity index (χ4n) is 1.11. The Kier molecular flexibility index (Phi) is 3.62. The molecule has 0 heterocycles. The number of anilines is 1. The maximum atomic E-state index is 12.5. The lowest BCUT2D eigenvalue weighted by molar-refractivity contribution is -0.137. The predicted octanol–water partition coefficient (Wildman–Crippen LogP) is 3.45. The number of alkyl halides is 3. The van der Waals surface area contributed by atoms with Gasteiger partial charge in [-0.15, -0.1) is 0 Å². The first-order valence-electron chi connectivity index (χ1n) is 4.34. The maximum absolute atomic E-state index is 12.5. The van der Waals surface area contributed by atoms with Crippen molar-refractivity contribution in [3.8, 4) is 0 Å². The molecule has 1 amide bonds. The number of hydrogen-bond donors (Lipinski definition) is 0. The first-order chi connectivity index (χ1) is 7.21. The van der Waals surface area contributed by atoms with Gasteiger partial charge in [0.15, 0.2) is 0 Å². The molecule has 1 aromatic rings. The maximum Gasteiger partial charge on any atom is 0.416 e. The quantitative estimate of drug-likeness (QED) is 0.777. The van der Waals surface area contributed by atoms with Crippen LogP contribution in [0, 0.1) is 0 Å². The Bertz CT molecular complexity index is 417. The number of hydrogen-bond acceptors (Lipinski definition) is 1. The van der Waals surface area contributed by atoms with Gasteiger partial charge in [-0.1, -0.05) is 15.9 Å². The molecule has 1 rings (SSSR count). The average Bonchev–Trinajstić information content (AvgIpc) is 2.14. The molecule has 6 heteroatoms. The van der Waals surface area contributed by atoms with E-state index < -0.39 is 11.7 Å². The topological polar surface area (TPSA) is 20.3 Å². The number of carbonyl (C=O) groups is 1. The zero-order chi connectivity index (χ0) is 12.5. The summed E-state index contributed by atoms with van der Waals surface area (Å²) in [6.07, 6.45) is -4.42. The van der Waals surface area contributed by atoms with E-state index in [9.17, 15) is 18.0 Å². The van der Waals surface area contributed by atoms with Crippen molar-refractivity contribution < 1.29 is 18.0 Å². The highest BCUT2D eigenvalue weighted by atomic mass is 79.9. The number of nitrogens with zero attached hydrogens (tertiary/aromatic N) is 1. The van der Waals surface area contributed by atoms with E-state index >= 15 is 0 Å². The third kappa shape index (κ3) is 2.98. The third-order valence-corrected chi connectivity index (χ3v) is 2.53. The van der Waals surface area contributed by atoms with E-state index in [-0.39, 0.29) is 16.1 Å². The standard InChI is InChI=1S/C10H9BrF3NO/c1-6(16)15(2)9-4-7(10(12,13)14)3-8(11)5-9/h3-5H,1-2H3. The number of benzene rings is 1. The molecule has 1 aromatic carbocycles. The minimum absolute atomic E-state index is 0.203. The zero-order valence-electron chi connectivity index (χ0n) is 8.60. The predicted molar refractivity (Wildman–Crippen MR) is 58.2 cm³/mol. The van der Waals surface area contributed by atoms with Crippen LogP contribution in [-0.4, -0.2) is 13.0 Å². The van der Waals surface area contributed by atoms with Crippen LogP contribution in [0.1, 0.15) is 12.5 Å². The Morgan fingerprint density at radius 2 is 1.88 bits per heavy atom. The number of halogens is 4. The molecule has 16 heavy (non-hydrogen) atoms. The summed E-state index contributed by atoms with van der Waals surface area (Å²) in [4.78, 5) is 12.2. The number of rotatable bonds is 1. The van der Waals surface area contributed by atoms with Gasteiger partial charge in [0.05, 0.1) is 5.56 Å². The molecule has 0 radical (unpaired) electrons. The second-order valence-electron chi connectivity index (χ2n) is 3.27. The minimum Gasteiger partial charge on any atom is -0.316 e. The van der Waals surface area contributed by atoms with Crippen molar-refractivity contribution in [2.24, 2.45) is 0 Å². The van der Waals surface area contributed by atoms with Crippen LogP contribution in [0.3, 0.4) is 0 Å². The number of amides is 1.